The topological polar surface area (TPSA) is 9.72 Å². The molecule has 0 saturated heterocycles. The van der Waals surface area contributed by atoms with Crippen molar-refractivity contribution in [2.24, 2.45) is 0 Å². The van der Waals surface area contributed by atoms with Crippen molar-refractivity contribution in [3.05, 3.63) is 12.4 Å². The predicted molar refractivity (Wildman–Crippen MR) is 71.1 cm³/mol. The number of likely N-dealkylation sites (N-methyl/N-ethyl adjacent to an activating group) is 1. The van der Waals surface area contributed by atoms with E-state index in [1.165, 1.54) is 6.54 Å². The minimum absolute atomic E-state index is 1.07. The van der Waals surface area contributed by atoms with E-state index in [2.05, 4.69) is 47.9 Å². The first kappa shape index (κ1) is 18.1. The molecule has 0 atom stereocenters. The summed E-state index contributed by atoms with van der Waals surface area (Å²) in [7, 11) is -6.00. The maximum Gasteiger partial charge on any atom is 0.673 e. The lowest BCUT2D eigenvalue weighted by Crippen LogP contribution is -2.34. The Kier molecular flexibility index (Phi) is 8.63. The van der Waals surface area contributed by atoms with Crippen LogP contribution >= 0.6 is 0 Å². The van der Waals surface area contributed by atoms with Gasteiger partial charge in [0.15, 0.2) is 0 Å². The van der Waals surface area contributed by atoms with Crippen LogP contribution in [0.2, 0.25) is 0 Å². The Bertz CT molecular complexity index is 251. The van der Waals surface area contributed by atoms with Gasteiger partial charge in [0.25, 0.3) is 0 Å². The van der Waals surface area contributed by atoms with Gasteiger partial charge < -0.3 is 32.0 Å². The SMILES string of the molecule is CCN1C=CN(CCN(CC)CC)C1.F[B-](F)(F)F. The fraction of sp³-hybridized carbons (Fsp3) is 0.818. The summed E-state index contributed by atoms with van der Waals surface area (Å²) < 4.78 is 39.0. The number of hydrogen-bond donors (Lipinski definition) is 0. The summed E-state index contributed by atoms with van der Waals surface area (Å²) in [4.78, 5) is 7.16. The molecule has 0 unspecified atom stereocenters. The lowest BCUT2D eigenvalue weighted by Gasteiger charge is -2.24. The monoisotopic (exact) mass is 284 g/mol. The van der Waals surface area contributed by atoms with Crippen molar-refractivity contribution in [2.45, 2.75) is 20.8 Å². The van der Waals surface area contributed by atoms with Crippen LogP contribution in [0.4, 0.5) is 17.3 Å². The molecular formula is C11H23BF4N3-. The fourth-order valence-electron chi connectivity index (χ4n) is 1.68. The second-order valence-corrected chi connectivity index (χ2v) is 4.18. The second-order valence-electron chi connectivity index (χ2n) is 4.18. The Hall–Kier alpha value is -0.915. The van der Waals surface area contributed by atoms with E-state index in [-0.39, 0.29) is 0 Å². The summed E-state index contributed by atoms with van der Waals surface area (Å²) in [5.74, 6) is 0. The molecule has 19 heavy (non-hydrogen) atoms. The van der Waals surface area contributed by atoms with E-state index >= 15 is 0 Å². The molecule has 0 aromatic heterocycles. The van der Waals surface area contributed by atoms with Crippen molar-refractivity contribution in [2.75, 3.05) is 39.4 Å². The van der Waals surface area contributed by atoms with Crippen LogP contribution in [0.15, 0.2) is 12.4 Å². The molecule has 0 radical (unpaired) electrons. The molecular weight excluding hydrogens is 261 g/mol. The Labute approximate surface area is 112 Å². The molecule has 0 saturated carbocycles. The Morgan fingerprint density at radius 2 is 1.47 bits per heavy atom. The zero-order chi connectivity index (χ0) is 14.9. The van der Waals surface area contributed by atoms with E-state index in [1.807, 2.05) is 0 Å². The van der Waals surface area contributed by atoms with E-state index in [4.69, 9.17) is 0 Å². The molecule has 0 N–H and O–H groups in total. The third-order valence-electron chi connectivity index (χ3n) is 2.86. The van der Waals surface area contributed by atoms with Crippen LogP contribution in [0.3, 0.4) is 0 Å². The molecule has 1 rings (SSSR count). The Morgan fingerprint density at radius 1 is 1.00 bits per heavy atom. The second kappa shape index (κ2) is 9.06. The summed E-state index contributed by atoms with van der Waals surface area (Å²) in [5.41, 5.74) is 0. The van der Waals surface area contributed by atoms with Crippen molar-refractivity contribution >= 4 is 7.25 Å². The average Bonchev–Trinajstić information content (AvgIpc) is 2.76. The van der Waals surface area contributed by atoms with E-state index < -0.39 is 7.25 Å². The normalized spacial score (nSPS) is 14.9. The molecule has 114 valence electrons. The van der Waals surface area contributed by atoms with Crippen LogP contribution in [0.5, 0.6) is 0 Å². The first-order valence-corrected chi connectivity index (χ1v) is 6.56. The Balaban J connectivity index is 0.000000555. The van der Waals surface area contributed by atoms with Gasteiger partial charge in [-0.1, -0.05) is 13.8 Å². The van der Waals surface area contributed by atoms with Gasteiger partial charge in [-0.15, -0.1) is 0 Å². The lowest BCUT2D eigenvalue weighted by molar-refractivity contribution is 0.225. The van der Waals surface area contributed by atoms with Crippen molar-refractivity contribution in [3.8, 4) is 0 Å². The van der Waals surface area contributed by atoms with Crippen LogP contribution in [-0.2, 0) is 0 Å². The quantitative estimate of drug-likeness (QED) is 0.548. The standard InChI is InChI=1S/C11H23N3.BF4/c1-4-12(5-2)7-9-14-10-8-13(6-3)11-14;2-1(3,4)5/h8,10H,4-7,9,11H2,1-3H3;/q;-1. The van der Waals surface area contributed by atoms with Gasteiger partial charge in [0, 0.05) is 32.0 Å². The minimum Gasteiger partial charge on any atom is -0.418 e. The maximum absolute atomic E-state index is 9.75. The first-order valence-electron chi connectivity index (χ1n) is 6.56. The number of nitrogens with zero attached hydrogens (tertiary/aromatic N) is 3. The van der Waals surface area contributed by atoms with Gasteiger partial charge in [0.05, 0.1) is 6.67 Å². The summed E-state index contributed by atoms with van der Waals surface area (Å²) in [6.07, 6.45) is 4.38. The van der Waals surface area contributed by atoms with Crippen molar-refractivity contribution in [1.29, 1.82) is 0 Å². The highest BCUT2D eigenvalue weighted by atomic mass is 19.5. The Morgan fingerprint density at radius 3 is 1.84 bits per heavy atom. The molecule has 1 aliphatic rings. The molecule has 1 aliphatic heterocycles. The number of hydrogen-bond acceptors (Lipinski definition) is 3. The van der Waals surface area contributed by atoms with Crippen LogP contribution in [0, 0.1) is 0 Å². The highest BCUT2D eigenvalue weighted by Crippen LogP contribution is 2.06. The third kappa shape index (κ3) is 10.7. The maximum atomic E-state index is 9.75. The minimum atomic E-state index is -6.00. The molecule has 0 amide bonds. The van der Waals surface area contributed by atoms with E-state index in [1.54, 1.807) is 0 Å². The van der Waals surface area contributed by atoms with Crippen molar-refractivity contribution < 1.29 is 17.3 Å². The fourth-order valence-corrected chi connectivity index (χ4v) is 1.68. The molecule has 0 aromatic carbocycles. The highest BCUT2D eigenvalue weighted by molar-refractivity contribution is 6.50. The molecule has 8 heteroatoms. The molecule has 0 bridgehead atoms. The van der Waals surface area contributed by atoms with Crippen molar-refractivity contribution in [1.82, 2.24) is 14.7 Å². The molecule has 1 heterocycles. The number of rotatable bonds is 6. The largest absolute Gasteiger partial charge is 0.673 e. The molecule has 0 spiro atoms. The smallest absolute Gasteiger partial charge is 0.418 e. The molecule has 0 fully saturated rings. The first-order chi connectivity index (χ1) is 8.80. The third-order valence-corrected chi connectivity index (χ3v) is 2.86. The molecule has 3 nitrogen and oxygen atoms in total. The summed E-state index contributed by atoms with van der Waals surface area (Å²) in [6, 6.07) is 0. The average molecular weight is 284 g/mol. The van der Waals surface area contributed by atoms with Gasteiger partial charge in [-0.25, -0.2) is 0 Å². The highest BCUT2D eigenvalue weighted by Gasteiger charge is 2.20. The summed E-state index contributed by atoms with van der Waals surface area (Å²) in [5, 5.41) is 0. The molecule has 0 aromatic rings. The van der Waals surface area contributed by atoms with Crippen LogP contribution in [0.1, 0.15) is 20.8 Å². The van der Waals surface area contributed by atoms with Gasteiger partial charge in [0.2, 0.25) is 0 Å². The van der Waals surface area contributed by atoms with E-state index in [9.17, 15) is 17.3 Å². The van der Waals surface area contributed by atoms with Gasteiger partial charge in [-0.3, -0.25) is 0 Å². The predicted octanol–water partition coefficient (Wildman–Crippen LogP) is 2.69. The van der Waals surface area contributed by atoms with E-state index in [0.29, 0.717) is 0 Å². The van der Waals surface area contributed by atoms with E-state index in [0.717, 1.165) is 32.8 Å². The molecule has 0 aliphatic carbocycles. The number of halogens is 4. The summed E-state index contributed by atoms with van der Waals surface area (Å²) in [6.45, 7) is 13.5. The van der Waals surface area contributed by atoms with Gasteiger partial charge >= 0.3 is 7.25 Å². The van der Waals surface area contributed by atoms with Crippen LogP contribution < -0.4 is 0 Å². The van der Waals surface area contributed by atoms with Crippen LogP contribution in [0.25, 0.3) is 0 Å². The van der Waals surface area contributed by atoms with Gasteiger partial charge in [-0.2, -0.15) is 0 Å². The zero-order valence-corrected chi connectivity index (χ0v) is 11.8. The van der Waals surface area contributed by atoms with Crippen LogP contribution in [-0.4, -0.2) is 61.3 Å². The zero-order valence-electron chi connectivity index (χ0n) is 11.8. The van der Waals surface area contributed by atoms with Gasteiger partial charge in [-0.05, 0) is 20.0 Å². The lowest BCUT2D eigenvalue weighted by atomic mass is 10.3. The van der Waals surface area contributed by atoms with Crippen molar-refractivity contribution in [3.63, 3.8) is 0 Å². The van der Waals surface area contributed by atoms with Gasteiger partial charge in [0.1, 0.15) is 0 Å². The summed E-state index contributed by atoms with van der Waals surface area (Å²) >= 11 is 0.